The third kappa shape index (κ3) is 2.59. The summed E-state index contributed by atoms with van der Waals surface area (Å²) in [6.07, 6.45) is 0.320. The summed E-state index contributed by atoms with van der Waals surface area (Å²) in [6, 6.07) is 11.4. The quantitative estimate of drug-likeness (QED) is 0.709. The van der Waals surface area contributed by atoms with E-state index in [-0.39, 0.29) is 17.4 Å². The number of Topliss-reactive ketones (excluding diaryl/α,β-unsaturated/α-hetero) is 1. The van der Waals surface area contributed by atoms with E-state index < -0.39 is 0 Å². The van der Waals surface area contributed by atoms with Crippen LogP contribution in [0.15, 0.2) is 42.5 Å². The number of benzene rings is 2. The maximum Gasteiger partial charge on any atom is 0.262 e. The average Bonchev–Trinajstić information content (AvgIpc) is 2.84. The molecule has 4 nitrogen and oxygen atoms in total. The van der Waals surface area contributed by atoms with Crippen molar-refractivity contribution >= 4 is 34.2 Å². The number of carbonyl (C=O) groups is 2. The summed E-state index contributed by atoms with van der Waals surface area (Å²) in [6.45, 7) is 3.51. The Hall–Kier alpha value is -2.59. The molecule has 122 valence electrons. The normalized spacial score (nSPS) is 11.0. The Balaban J connectivity index is 2.30. The molecule has 0 aliphatic carbocycles. The first kappa shape index (κ1) is 16.3. The molecule has 1 N–H and O–H groups in total. The van der Waals surface area contributed by atoms with E-state index in [0.717, 1.165) is 0 Å². The van der Waals surface area contributed by atoms with Crippen molar-refractivity contribution in [3.8, 4) is 5.75 Å². The monoisotopic (exact) mass is 341 g/mol. The SMILES string of the molecule is CCC(=O)c1c(C)n(C(=O)c2cccc(Cl)c2)c2ccc(O)cc12. The fourth-order valence-electron chi connectivity index (χ4n) is 2.95. The molecule has 1 aromatic heterocycles. The van der Waals surface area contributed by atoms with Gasteiger partial charge in [-0.25, -0.2) is 0 Å². The Labute approximate surface area is 144 Å². The van der Waals surface area contributed by atoms with Gasteiger partial charge in [0.15, 0.2) is 5.78 Å². The standard InChI is InChI=1S/C19H16ClNO3/c1-3-17(23)18-11(2)21(16-8-7-14(22)10-15(16)18)19(24)12-5-4-6-13(20)9-12/h4-10,22H,3H2,1-2H3. The van der Waals surface area contributed by atoms with Gasteiger partial charge in [-0.15, -0.1) is 0 Å². The van der Waals surface area contributed by atoms with Gasteiger partial charge in [0.25, 0.3) is 5.91 Å². The molecule has 0 saturated carbocycles. The van der Waals surface area contributed by atoms with E-state index in [4.69, 9.17) is 11.6 Å². The van der Waals surface area contributed by atoms with Gasteiger partial charge >= 0.3 is 0 Å². The number of hydrogen-bond acceptors (Lipinski definition) is 3. The summed E-state index contributed by atoms with van der Waals surface area (Å²) in [5, 5.41) is 10.8. The zero-order valence-electron chi connectivity index (χ0n) is 13.3. The Morgan fingerprint density at radius 1 is 1.17 bits per heavy atom. The Kier molecular flexibility index (Phi) is 4.16. The van der Waals surface area contributed by atoms with Crippen molar-refractivity contribution in [2.24, 2.45) is 0 Å². The molecule has 0 atom stereocenters. The van der Waals surface area contributed by atoms with Gasteiger partial charge in [-0.3, -0.25) is 14.2 Å². The van der Waals surface area contributed by atoms with Gasteiger partial charge < -0.3 is 5.11 Å². The largest absolute Gasteiger partial charge is 0.508 e. The van der Waals surface area contributed by atoms with E-state index in [1.165, 1.54) is 16.7 Å². The molecule has 1 heterocycles. The number of nitrogens with zero attached hydrogens (tertiary/aromatic N) is 1. The first-order valence-electron chi connectivity index (χ1n) is 7.61. The molecule has 0 spiro atoms. The van der Waals surface area contributed by atoms with Crippen LogP contribution in [0, 0.1) is 6.92 Å². The van der Waals surface area contributed by atoms with Crippen molar-refractivity contribution in [2.45, 2.75) is 20.3 Å². The number of ketones is 1. The van der Waals surface area contributed by atoms with Crippen LogP contribution in [0.4, 0.5) is 0 Å². The fraction of sp³-hybridized carbons (Fsp3) is 0.158. The highest BCUT2D eigenvalue weighted by atomic mass is 35.5. The number of phenolic OH excluding ortho intramolecular Hbond substituents is 1. The third-order valence-electron chi connectivity index (χ3n) is 4.06. The van der Waals surface area contributed by atoms with Gasteiger partial charge in [-0.05, 0) is 43.3 Å². The smallest absolute Gasteiger partial charge is 0.262 e. The lowest BCUT2D eigenvalue weighted by molar-refractivity contribution is 0.0963. The lowest BCUT2D eigenvalue weighted by atomic mass is 10.1. The van der Waals surface area contributed by atoms with Crippen LogP contribution in [0.3, 0.4) is 0 Å². The molecule has 0 bridgehead atoms. The summed E-state index contributed by atoms with van der Waals surface area (Å²) in [7, 11) is 0. The number of hydrogen-bond donors (Lipinski definition) is 1. The predicted molar refractivity (Wildman–Crippen MR) is 94.1 cm³/mol. The molecular formula is C19H16ClNO3. The fourth-order valence-corrected chi connectivity index (χ4v) is 3.14. The highest BCUT2D eigenvalue weighted by molar-refractivity contribution is 6.31. The number of fused-ring (bicyclic) bond motifs is 1. The average molecular weight is 342 g/mol. The number of phenols is 1. The van der Waals surface area contributed by atoms with Crippen molar-refractivity contribution in [3.63, 3.8) is 0 Å². The van der Waals surface area contributed by atoms with Crippen LogP contribution in [0.1, 0.15) is 39.8 Å². The lowest BCUT2D eigenvalue weighted by Gasteiger charge is -2.08. The second-order valence-corrected chi connectivity index (χ2v) is 6.03. The molecule has 3 rings (SSSR count). The minimum Gasteiger partial charge on any atom is -0.508 e. The van der Waals surface area contributed by atoms with E-state index in [1.54, 1.807) is 44.2 Å². The van der Waals surface area contributed by atoms with Crippen LogP contribution in [0.5, 0.6) is 5.75 Å². The molecule has 0 fully saturated rings. The van der Waals surface area contributed by atoms with Crippen LogP contribution < -0.4 is 0 Å². The van der Waals surface area contributed by atoms with E-state index in [0.29, 0.717) is 39.2 Å². The van der Waals surface area contributed by atoms with Gasteiger partial charge in [0.2, 0.25) is 0 Å². The summed E-state index contributed by atoms with van der Waals surface area (Å²) in [5.74, 6) is -0.276. The van der Waals surface area contributed by atoms with E-state index >= 15 is 0 Å². The molecule has 0 radical (unpaired) electrons. The molecule has 5 heteroatoms. The van der Waals surface area contributed by atoms with Crippen molar-refractivity contribution in [3.05, 3.63) is 64.3 Å². The third-order valence-corrected chi connectivity index (χ3v) is 4.30. The van der Waals surface area contributed by atoms with Crippen molar-refractivity contribution in [1.82, 2.24) is 4.57 Å². The molecule has 0 aliphatic rings. The molecule has 2 aromatic carbocycles. The van der Waals surface area contributed by atoms with Crippen molar-refractivity contribution < 1.29 is 14.7 Å². The van der Waals surface area contributed by atoms with E-state index in [9.17, 15) is 14.7 Å². The topological polar surface area (TPSA) is 59.3 Å². The maximum atomic E-state index is 13.0. The Morgan fingerprint density at radius 3 is 2.58 bits per heavy atom. The lowest BCUT2D eigenvalue weighted by Crippen LogP contribution is -2.14. The molecule has 0 amide bonds. The number of aromatic hydroxyl groups is 1. The summed E-state index contributed by atoms with van der Waals surface area (Å²) in [4.78, 5) is 25.3. The van der Waals surface area contributed by atoms with Crippen LogP contribution >= 0.6 is 11.6 Å². The Morgan fingerprint density at radius 2 is 1.92 bits per heavy atom. The van der Waals surface area contributed by atoms with Crippen molar-refractivity contribution in [1.29, 1.82) is 0 Å². The summed E-state index contributed by atoms with van der Waals surface area (Å²) in [5.41, 5.74) is 2.06. The minimum atomic E-state index is -0.263. The Bertz CT molecular complexity index is 972. The van der Waals surface area contributed by atoms with Crippen LogP contribution in [0.25, 0.3) is 10.9 Å². The molecular weight excluding hydrogens is 326 g/mol. The minimum absolute atomic E-state index is 0.0556. The molecule has 0 aliphatic heterocycles. The van der Waals surface area contributed by atoms with Gasteiger partial charge in [0, 0.05) is 33.7 Å². The van der Waals surface area contributed by atoms with E-state index in [2.05, 4.69) is 0 Å². The van der Waals surface area contributed by atoms with Gasteiger partial charge in [-0.1, -0.05) is 24.6 Å². The van der Waals surface area contributed by atoms with E-state index in [1.807, 2.05) is 0 Å². The first-order chi connectivity index (χ1) is 11.4. The molecule has 0 unspecified atom stereocenters. The van der Waals surface area contributed by atoms with Crippen molar-refractivity contribution in [2.75, 3.05) is 0 Å². The first-order valence-corrected chi connectivity index (χ1v) is 7.99. The zero-order chi connectivity index (χ0) is 17.4. The predicted octanol–water partition coefficient (Wildman–Crippen LogP) is 4.59. The number of carbonyl (C=O) groups excluding carboxylic acids is 2. The number of aromatic nitrogens is 1. The highest BCUT2D eigenvalue weighted by Crippen LogP contribution is 2.31. The zero-order valence-corrected chi connectivity index (χ0v) is 14.1. The summed E-state index contributed by atoms with van der Waals surface area (Å²) >= 11 is 5.98. The maximum absolute atomic E-state index is 13.0. The molecule has 3 aromatic rings. The van der Waals surface area contributed by atoms with Gasteiger partial charge in [0.1, 0.15) is 5.75 Å². The number of rotatable bonds is 3. The van der Waals surface area contributed by atoms with Crippen LogP contribution in [0.2, 0.25) is 5.02 Å². The summed E-state index contributed by atoms with van der Waals surface area (Å²) < 4.78 is 1.50. The highest BCUT2D eigenvalue weighted by Gasteiger charge is 2.23. The van der Waals surface area contributed by atoms with Crippen LogP contribution in [-0.4, -0.2) is 21.4 Å². The molecule has 24 heavy (non-hydrogen) atoms. The molecule has 0 saturated heterocycles. The number of halogens is 1. The van der Waals surface area contributed by atoms with Gasteiger partial charge in [-0.2, -0.15) is 0 Å². The van der Waals surface area contributed by atoms with Gasteiger partial charge in [0.05, 0.1) is 5.52 Å². The second-order valence-electron chi connectivity index (χ2n) is 5.59. The van der Waals surface area contributed by atoms with Crippen LogP contribution in [-0.2, 0) is 0 Å². The second kappa shape index (κ2) is 6.13.